The number of nitrogens with zero attached hydrogens (tertiary/aromatic N) is 2. The third-order valence-corrected chi connectivity index (χ3v) is 1.12. The molecule has 1 aliphatic rings. The zero-order valence-electron chi connectivity index (χ0n) is 5.81. The Bertz CT molecular complexity index is 298. The van der Waals surface area contributed by atoms with Crippen LogP contribution in [0.3, 0.4) is 0 Å². The molecule has 1 N–H and O–H groups in total. The summed E-state index contributed by atoms with van der Waals surface area (Å²) in [6, 6.07) is 0. The minimum absolute atomic E-state index is 0.0722. The lowest BCUT2D eigenvalue weighted by Crippen LogP contribution is -2.25. The standard InChI is InChI=1S/C6H4F3N3/c1-3-2-11-5(6(7,8)9)12-4(3)10/h2,10H,1H2. The molecule has 0 radical (unpaired) electrons. The first-order valence-electron chi connectivity index (χ1n) is 2.89. The van der Waals surface area contributed by atoms with E-state index in [1.165, 1.54) is 0 Å². The third kappa shape index (κ3) is 1.58. The lowest BCUT2D eigenvalue weighted by atomic mass is 10.3. The van der Waals surface area contributed by atoms with Crippen molar-refractivity contribution < 1.29 is 13.2 Å². The highest BCUT2D eigenvalue weighted by molar-refractivity contribution is 6.22. The summed E-state index contributed by atoms with van der Waals surface area (Å²) in [5.41, 5.74) is 0.0722. The summed E-state index contributed by atoms with van der Waals surface area (Å²) in [5.74, 6) is -1.81. The van der Waals surface area contributed by atoms with Gasteiger partial charge in [-0.15, -0.1) is 0 Å². The summed E-state index contributed by atoms with van der Waals surface area (Å²) in [5, 5.41) is 6.93. The van der Waals surface area contributed by atoms with Gasteiger partial charge in [-0.05, 0) is 0 Å². The van der Waals surface area contributed by atoms with Crippen LogP contribution in [0.1, 0.15) is 0 Å². The predicted molar refractivity (Wildman–Crippen MR) is 38.8 cm³/mol. The molecule has 12 heavy (non-hydrogen) atoms. The molecule has 0 saturated heterocycles. The van der Waals surface area contributed by atoms with Gasteiger partial charge >= 0.3 is 6.18 Å². The highest BCUT2D eigenvalue weighted by Crippen LogP contribution is 2.20. The molecule has 1 heterocycles. The molecule has 0 unspecified atom stereocenters. The Morgan fingerprint density at radius 1 is 1.42 bits per heavy atom. The Morgan fingerprint density at radius 3 is 2.42 bits per heavy atom. The first-order chi connectivity index (χ1) is 5.41. The second-order valence-electron chi connectivity index (χ2n) is 2.07. The van der Waals surface area contributed by atoms with Gasteiger partial charge in [-0.25, -0.2) is 9.98 Å². The molecule has 1 aliphatic heterocycles. The fourth-order valence-electron chi connectivity index (χ4n) is 0.543. The molecular weight excluding hydrogens is 171 g/mol. The zero-order chi connectivity index (χ0) is 9.35. The second-order valence-corrected chi connectivity index (χ2v) is 2.07. The minimum Gasteiger partial charge on any atom is -0.282 e. The van der Waals surface area contributed by atoms with Crippen molar-refractivity contribution >= 4 is 17.9 Å². The number of halogens is 3. The van der Waals surface area contributed by atoms with Gasteiger partial charge in [0.15, 0.2) is 5.84 Å². The van der Waals surface area contributed by atoms with Crippen LogP contribution in [0, 0.1) is 5.41 Å². The van der Waals surface area contributed by atoms with Gasteiger partial charge in [0.05, 0.1) is 0 Å². The quantitative estimate of drug-likeness (QED) is 0.580. The number of amidine groups is 2. The topological polar surface area (TPSA) is 48.6 Å². The van der Waals surface area contributed by atoms with Gasteiger partial charge in [0.25, 0.3) is 0 Å². The van der Waals surface area contributed by atoms with E-state index in [9.17, 15) is 13.2 Å². The van der Waals surface area contributed by atoms with E-state index in [0.29, 0.717) is 0 Å². The van der Waals surface area contributed by atoms with E-state index in [1.54, 1.807) is 0 Å². The molecule has 1 rings (SSSR count). The van der Waals surface area contributed by atoms with E-state index >= 15 is 0 Å². The van der Waals surface area contributed by atoms with Gasteiger partial charge in [0.1, 0.15) is 0 Å². The summed E-state index contributed by atoms with van der Waals surface area (Å²) >= 11 is 0. The van der Waals surface area contributed by atoms with Gasteiger partial charge in [0.2, 0.25) is 5.84 Å². The van der Waals surface area contributed by atoms with E-state index in [-0.39, 0.29) is 5.57 Å². The monoisotopic (exact) mass is 175 g/mol. The maximum atomic E-state index is 11.9. The van der Waals surface area contributed by atoms with Crippen LogP contribution in [0.25, 0.3) is 0 Å². The van der Waals surface area contributed by atoms with Crippen LogP contribution in [0.15, 0.2) is 22.1 Å². The lowest BCUT2D eigenvalue weighted by molar-refractivity contribution is -0.0595. The molecule has 0 fully saturated rings. The minimum atomic E-state index is -4.59. The van der Waals surface area contributed by atoms with E-state index in [2.05, 4.69) is 16.6 Å². The van der Waals surface area contributed by atoms with Crippen LogP contribution in [-0.4, -0.2) is 24.1 Å². The van der Waals surface area contributed by atoms with Crippen LogP contribution in [0.2, 0.25) is 0 Å². The molecule has 0 aromatic rings. The molecule has 0 spiro atoms. The summed E-state index contributed by atoms with van der Waals surface area (Å²) < 4.78 is 35.6. The first kappa shape index (κ1) is 8.63. The molecule has 0 atom stereocenters. The molecule has 64 valence electrons. The largest absolute Gasteiger partial charge is 0.451 e. The van der Waals surface area contributed by atoms with Gasteiger partial charge in [0, 0.05) is 11.8 Å². The Labute approximate surface area is 65.8 Å². The van der Waals surface area contributed by atoms with Crippen molar-refractivity contribution in [2.75, 3.05) is 0 Å². The van der Waals surface area contributed by atoms with Gasteiger partial charge in [-0.2, -0.15) is 13.2 Å². The maximum absolute atomic E-state index is 11.9. The predicted octanol–water partition coefficient (Wildman–Crippen LogP) is 1.57. The highest BCUT2D eigenvalue weighted by Gasteiger charge is 2.37. The molecule has 3 nitrogen and oxygen atoms in total. The van der Waals surface area contributed by atoms with E-state index in [4.69, 9.17) is 5.41 Å². The van der Waals surface area contributed by atoms with Gasteiger partial charge in [-0.3, -0.25) is 5.41 Å². The Hall–Kier alpha value is -1.46. The van der Waals surface area contributed by atoms with Crippen molar-refractivity contribution in [3.8, 4) is 0 Å². The molecule has 0 aromatic carbocycles. The van der Waals surface area contributed by atoms with Crippen LogP contribution < -0.4 is 0 Å². The Morgan fingerprint density at radius 2 is 2.00 bits per heavy atom. The fourth-order valence-corrected chi connectivity index (χ4v) is 0.543. The number of aliphatic imine (C=N–C) groups is 2. The molecule has 0 saturated carbocycles. The number of hydrogen-bond acceptors (Lipinski definition) is 2. The van der Waals surface area contributed by atoms with Crippen LogP contribution in [-0.2, 0) is 0 Å². The van der Waals surface area contributed by atoms with Crippen molar-refractivity contribution in [1.82, 2.24) is 0 Å². The normalized spacial score (nSPS) is 18.1. The Kier molecular flexibility index (Phi) is 1.83. The van der Waals surface area contributed by atoms with Crippen LogP contribution in [0.5, 0.6) is 0 Å². The van der Waals surface area contributed by atoms with Crippen LogP contribution >= 0.6 is 0 Å². The molecular formula is C6H4F3N3. The van der Waals surface area contributed by atoms with Crippen molar-refractivity contribution in [3.63, 3.8) is 0 Å². The second kappa shape index (κ2) is 2.54. The van der Waals surface area contributed by atoms with Crippen molar-refractivity contribution in [2.45, 2.75) is 6.18 Å². The fraction of sp³-hybridized carbons (Fsp3) is 0.167. The summed E-state index contributed by atoms with van der Waals surface area (Å²) in [7, 11) is 0. The van der Waals surface area contributed by atoms with Gasteiger partial charge < -0.3 is 0 Å². The third-order valence-electron chi connectivity index (χ3n) is 1.12. The SMILES string of the molecule is C=C1C=NC(C(F)(F)F)=NC1=N. The Balaban J connectivity index is 2.99. The van der Waals surface area contributed by atoms with E-state index in [0.717, 1.165) is 6.21 Å². The summed E-state index contributed by atoms with van der Waals surface area (Å²) in [4.78, 5) is 5.90. The first-order valence-corrected chi connectivity index (χ1v) is 2.89. The van der Waals surface area contributed by atoms with E-state index < -0.39 is 17.8 Å². The van der Waals surface area contributed by atoms with Crippen molar-refractivity contribution in [3.05, 3.63) is 12.2 Å². The number of rotatable bonds is 0. The van der Waals surface area contributed by atoms with Gasteiger partial charge in [-0.1, -0.05) is 6.58 Å². The number of nitrogens with one attached hydrogen (secondary N) is 1. The van der Waals surface area contributed by atoms with Crippen molar-refractivity contribution in [2.24, 2.45) is 9.98 Å². The molecule has 0 amide bonds. The highest BCUT2D eigenvalue weighted by atomic mass is 19.4. The summed E-state index contributed by atoms with van der Waals surface area (Å²) in [6.45, 7) is 3.26. The van der Waals surface area contributed by atoms with E-state index in [1.807, 2.05) is 0 Å². The number of alkyl halides is 3. The molecule has 0 bridgehead atoms. The molecule has 0 aromatic heterocycles. The lowest BCUT2D eigenvalue weighted by Gasteiger charge is -2.09. The smallest absolute Gasteiger partial charge is 0.282 e. The average Bonchev–Trinajstić information content (AvgIpc) is 1.92. The van der Waals surface area contributed by atoms with Crippen LogP contribution in [0.4, 0.5) is 13.2 Å². The maximum Gasteiger partial charge on any atom is 0.451 e. The summed E-state index contributed by atoms with van der Waals surface area (Å²) in [6.07, 6.45) is -3.72. The number of hydrogen-bond donors (Lipinski definition) is 1. The van der Waals surface area contributed by atoms with Crippen molar-refractivity contribution in [1.29, 1.82) is 5.41 Å². The molecule has 6 heteroatoms. The molecule has 0 aliphatic carbocycles. The zero-order valence-corrected chi connectivity index (χ0v) is 5.81. The average molecular weight is 175 g/mol.